The maximum Gasteiger partial charge on any atom is 0.173 e. The van der Waals surface area contributed by atoms with Crippen LogP contribution in [0.3, 0.4) is 0 Å². The summed E-state index contributed by atoms with van der Waals surface area (Å²) in [6.07, 6.45) is 6.75. The number of nitrogens with zero attached hydrogens (tertiary/aromatic N) is 3. The number of oxime groups is 1. The molecule has 5 heteroatoms. The van der Waals surface area contributed by atoms with E-state index in [-0.39, 0.29) is 5.84 Å². The Morgan fingerprint density at radius 1 is 1.50 bits per heavy atom. The Kier molecular flexibility index (Phi) is 3.51. The Morgan fingerprint density at radius 3 is 2.95 bits per heavy atom. The van der Waals surface area contributed by atoms with E-state index in [1.165, 1.54) is 24.1 Å². The number of pyridine rings is 1. The topological polar surface area (TPSA) is 74.7 Å². The van der Waals surface area contributed by atoms with Crippen molar-refractivity contribution in [1.82, 2.24) is 4.98 Å². The minimum atomic E-state index is 0.170. The highest BCUT2D eigenvalue weighted by atomic mass is 16.4. The molecule has 0 saturated heterocycles. The maximum atomic E-state index is 9.04. The van der Waals surface area contributed by atoms with Crippen molar-refractivity contribution in [2.75, 3.05) is 11.4 Å². The van der Waals surface area contributed by atoms with Crippen molar-refractivity contribution in [3.8, 4) is 0 Å². The van der Waals surface area contributed by atoms with E-state index in [0.29, 0.717) is 6.04 Å². The van der Waals surface area contributed by atoms with Crippen molar-refractivity contribution in [3.05, 3.63) is 22.9 Å². The summed E-state index contributed by atoms with van der Waals surface area (Å²) >= 11 is 0. The Bertz CT molecular complexity index is 537. The lowest BCUT2D eigenvalue weighted by Crippen LogP contribution is -2.31. The van der Waals surface area contributed by atoms with E-state index in [0.717, 1.165) is 43.6 Å². The van der Waals surface area contributed by atoms with Gasteiger partial charge in [0.25, 0.3) is 0 Å². The molecule has 1 aromatic heterocycles. The van der Waals surface area contributed by atoms with Gasteiger partial charge in [0.15, 0.2) is 5.84 Å². The van der Waals surface area contributed by atoms with Crippen molar-refractivity contribution in [2.24, 2.45) is 10.9 Å². The van der Waals surface area contributed by atoms with Crippen LogP contribution >= 0.6 is 0 Å². The van der Waals surface area contributed by atoms with E-state index < -0.39 is 0 Å². The molecule has 20 heavy (non-hydrogen) atoms. The van der Waals surface area contributed by atoms with Gasteiger partial charge in [-0.1, -0.05) is 12.1 Å². The molecule has 1 aromatic rings. The number of amidine groups is 1. The summed E-state index contributed by atoms with van der Waals surface area (Å²) in [5, 5.41) is 12.2. The van der Waals surface area contributed by atoms with Gasteiger partial charge in [0.05, 0.1) is 5.56 Å². The normalized spacial score (nSPS) is 18.1. The molecule has 0 bridgehead atoms. The van der Waals surface area contributed by atoms with Crippen LogP contribution < -0.4 is 10.6 Å². The molecule has 1 saturated carbocycles. The molecule has 2 aliphatic carbocycles. The minimum absolute atomic E-state index is 0.170. The summed E-state index contributed by atoms with van der Waals surface area (Å²) in [7, 11) is 0. The zero-order chi connectivity index (χ0) is 14.1. The molecular formula is C15H22N4O. The third-order valence-electron chi connectivity index (χ3n) is 4.14. The molecule has 0 spiro atoms. The lowest BCUT2D eigenvalue weighted by molar-refractivity contribution is 0.318. The van der Waals surface area contributed by atoms with E-state index in [4.69, 9.17) is 15.9 Å². The predicted molar refractivity (Wildman–Crippen MR) is 79.4 cm³/mol. The average Bonchev–Trinajstić information content (AvgIpc) is 3.20. The van der Waals surface area contributed by atoms with Gasteiger partial charge in [-0.15, -0.1) is 0 Å². The van der Waals surface area contributed by atoms with Crippen LogP contribution in [0.2, 0.25) is 0 Å². The van der Waals surface area contributed by atoms with Crippen LogP contribution in [0, 0.1) is 0 Å². The fourth-order valence-electron chi connectivity index (χ4n) is 3.01. The highest BCUT2D eigenvalue weighted by Gasteiger charge is 2.32. The second kappa shape index (κ2) is 5.31. The minimum Gasteiger partial charge on any atom is -0.409 e. The number of aryl methyl sites for hydroxylation is 2. The Balaban J connectivity index is 2.06. The molecule has 0 unspecified atom stereocenters. The van der Waals surface area contributed by atoms with Crippen LogP contribution in [-0.4, -0.2) is 28.6 Å². The molecule has 3 N–H and O–H groups in total. The van der Waals surface area contributed by atoms with Crippen LogP contribution in [-0.2, 0) is 12.8 Å². The Hall–Kier alpha value is -1.78. The van der Waals surface area contributed by atoms with Crippen LogP contribution in [0.4, 0.5) is 5.82 Å². The van der Waals surface area contributed by atoms with Gasteiger partial charge < -0.3 is 15.8 Å². The molecule has 0 aliphatic heterocycles. The first kappa shape index (κ1) is 13.2. The molecule has 1 heterocycles. The summed E-state index contributed by atoms with van der Waals surface area (Å²) < 4.78 is 0. The van der Waals surface area contributed by atoms with E-state index in [1.807, 2.05) is 0 Å². The number of nitrogens with two attached hydrogens (primary N) is 1. The monoisotopic (exact) mass is 274 g/mol. The van der Waals surface area contributed by atoms with Gasteiger partial charge >= 0.3 is 0 Å². The number of rotatable bonds is 5. The number of hydrogen-bond donors (Lipinski definition) is 2. The number of fused-ring (bicyclic) bond motifs is 1. The highest BCUT2D eigenvalue weighted by Crippen LogP contribution is 2.34. The molecule has 108 valence electrons. The first-order chi connectivity index (χ1) is 9.74. The smallest absolute Gasteiger partial charge is 0.173 e. The van der Waals surface area contributed by atoms with E-state index in [9.17, 15) is 0 Å². The molecule has 2 aliphatic rings. The van der Waals surface area contributed by atoms with Crippen molar-refractivity contribution < 1.29 is 5.21 Å². The first-order valence-corrected chi connectivity index (χ1v) is 7.52. The lowest BCUT2D eigenvalue weighted by Gasteiger charge is -2.26. The summed E-state index contributed by atoms with van der Waals surface area (Å²) in [6, 6.07) is 2.65. The molecule has 0 amide bonds. The van der Waals surface area contributed by atoms with Crippen molar-refractivity contribution in [1.29, 1.82) is 0 Å². The van der Waals surface area contributed by atoms with Crippen molar-refractivity contribution >= 4 is 11.7 Å². The predicted octanol–water partition coefficient (Wildman–Crippen LogP) is 2.04. The number of anilines is 1. The molecule has 0 aromatic carbocycles. The van der Waals surface area contributed by atoms with E-state index >= 15 is 0 Å². The summed E-state index contributed by atoms with van der Waals surface area (Å²) in [4.78, 5) is 7.20. The van der Waals surface area contributed by atoms with Gasteiger partial charge in [-0.2, -0.15) is 0 Å². The molecule has 3 rings (SSSR count). The Labute approximate surface area is 119 Å². The Morgan fingerprint density at radius 2 is 2.30 bits per heavy atom. The molecular weight excluding hydrogens is 252 g/mol. The van der Waals surface area contributed by atoms with E-state index in [2.05, 4.69) is 23.0 Å². The standard InChI is InChI=1S/C15H22N4O/c1-2-8-19(11-6-7-11)15-12(14(16)18-20)9-10-4-3-5-13(10)17-15/h9,11,20H,2-8H2,1H3,(H2,16,18). The van der Waals surface area contributed by atoms with Crippen LogP contribution in [0.1, 0.15) is 49.4 Å². The second-order valence-electron chi connectivity index (χ2n) is 5.73. The van der Waals surface area contributed by atoms with Crippen LogP contribution in [0.15, 0.2) is 11.2 Å². The number of hydrogen-bond acceptors (Lipinski definition) is 4. The highest BCUT2D eigenvalue weighted by molar-refractivity contribution is 6.01. The van der Waals surface area contributed by atoms with Gasteiger partial charge in [-0.25, -0.2) is 4.98 Å². The summed E-state index contributed by atoms with van der Waals surface area (Å²) in [6.45, 7) is 3.15. The van der Waals surface area contributed by atoms with Gasteiger partial charge in [-0.05, 0) is 50.2 Å². The van der Waals surface area contributed by atoms with Gasteiger partial charge in [0, 0.05) is 18.3 Å². The molecule has 1 fully saturated rings. The average molecular weight is 274 g/mol. The van der Waals surface area contributed by atoms with Gasteiger partial charge in [-0.3, -0.25) is 0 Å². The second-order valence-corrected chi connectivity index (χ2v) is 5.73. The fraction of sp³-hybridized carbons (Fsp3) is 0.600. The van der Waals surface area contributed by atoms with Gasteiger partial charge in [0.1, 0.15) is 5.82 Å². The maximum absolute atomic E-state index is 9.04. The SMILES string of the molecule is CCCN(c1nc2c(cc1C(N)=NO)CCC2)C1CC1. The molecule has 0 atom stereocenters. The fourth-order valence-corrected chi connectivity index (χ4v) is 3.01. The van der Waals surface area contributed by atoms with Gasteiger partial charge in [0.2, 0.25) is 0 Å². The van der Waals surface area contributed by atoms with Crippen LogP contribution in [0.5, 0.6) is 0 Å². The van der Waals surface area contributed by atoms with Crippen LogP contribution in [0.25, 0.3) is 0 Å². The number of aromatic nitrogens is 1. The van der Waals surface area contributed by atoms with Crippen molar-refractivity contribution in [2.45, 2.75) is 51.5 Å². The zero-order valence-corrected chi connectivity index (χ0v) is 12.0. The van der Waals surface area contributed by atoms with E-state index in [1.54, 1.807) is 0 Å². The van der Waals surface area contributed by atoms with Crippen molar-refractivity contribution in [3.63, 3.8) is 0 Å². The zero-order valence-electron chi connectivity index (χ0n) is 12.0. The third-order valence-corrected chi connectivity index (χ3v) is 4.14. The molecule has 0 radical (unpaired) electrons. The summed E-state index contributed by atoms with van der Waals surface area (Å²) in [5.74, 6) is 1.08. The third kappa shape index (κ3) is 2.32. The quantitative estimate of drug-likeness (QED) is 0.373. The lowest BCUT2D eigenvalue weighted by atomic mass is 10.1. The largest absolute Gasteiger partial charge is 0.409 e. The summed E-state index contributed by atoms with van der Waals surface area (Å²) in [5.41, 5.74) is 9.11. The molecule has 5 nitrogen and oxygen atoms in total. The first-order valence-electron chi connectivity index (χ1n) is 7.52.